The van der Waals surface area contributed by atoms with Gasteiger partial charge in [0.2, 0.25) is 5.16 Å². The Kier molecular flexibility index (Phi) is 6.41. The molecule has 7 nitrogen and oxygen atoms in total. The van der Waals surface area contributed by atoms with E-state index in [1.165, 1.54) is 11.8 Å². The van der Waals surface area contributed by atoms with Crippen LogP contribution in [0, 0.1) is 0 Å². The molecular weight excluding hydrogens is 278 g/mol. The number of hydrogen-bond donors (Lipinski definition) is 1. The summed E-state index contributed by atoms with van der Waals surface area (Å²) < 4.78 is 6.75. The highest BCUT2D eigenvalue weighted by Crippen LogP contribution is 2.14. The Hall–Kier alpha value is -1.15. The maximum atomic E-state index is 11.5. The predicted octanol–water partition coefficient (Wildman–Crippen LogP) is 1.10. The molecule has 1 aromatic rings. The molecule has 0 saturated heterocycles. The molecule has 20 heavy (non-hydrogen) atoms. The molecule has 0 spiro atoms. The fourth-order valence-electron chi connectivity index (χ4n) is 1.40. The highest BCUT2D eigenvalue weighted by molar-refractivity contribution is 7.99. The van der Waals surface area contributed by atoms with E-state index < -0.39 is 0 Å². The lowest BCUT2D eigenvalue weighted by molar-refractivity contribution is -0.144. The minimum Gasteiger partial charge on any atom is -0.462 e. The first-order chi connectivity index (χ1) is 9.28. The number of ether oxygens (including phenoxy) is 1. The molecule has 0 aliphatic carbocycles. The first-order valence-electron chi connectivity index (χ1n) is 6.61. The quantitative estimate of drug-likeness (QED) is 0.596. The zero-order valence-corrected chi connectivity index (χ0v) is 13.5. The van der Waals surface area contributed by atoms with Gasteiger partial charge in [0.1, 0.15) is 0 Å². The summed E-state index contributed by atoms with van der Waals surface area (Å²) in [6, 6.07) is 0. The smallest absolute Gasteiger partial charge is 0.316 e. The second kappa shape index (κ2) is 7.58. The molecule has 0 radical (unpaired) electrons. The van der Waals surface area contributed by atoms with Gasteiger partial charge in [-0.3, -0.25) is 4.79 Å². The summed E-state index contributed by atoms with van der Waals surface area (Å²) in [7, 11) is 0. The predicted molar refractivity (Wildman–Crippen MR) is 77.5 cm³/mol. The number of esters is 1. The summed E-state index contributed by atoms with van der Waals surface area (Å²) in [6.07, 6.45) is -0.102. The van der Waals surface area contributed by atoms with Gasteiger partial charge in [0.15, 0.2) is 0 Å². The molecule has 1 N–H and O–H groups in total. The number of carbonyl (C=O) groups is 1. The van der Waals surface area contributed by atoms with Crippen LogP contribution in [-0.2, 0) is 16.1 Å². The standard InChI is InChI=1S/C12H23N5O2S/c1-9(2)19-10(18)8-20-11-14-15-16-17(11)7-6-13-12(3,4)5/h9,13H,6-8H2,1-5H3. The average molecular weight is 301 g/mol. The van der Waals surface area contributed by atoms with Crippen molar-refractivity contribution in [3.05, 3.63) is 0 Å². The Morgan fingerprint density at radius 3 is 2.75 bits per heavy atom. The Balaban J connectivity index is 2.40. The van der Waals surface area contributed by atoms with E-state index in [0.717, 1.165) is 6.54 Å². The largest absolute Gasteiger partial charge is 0.462 e. The van der Waals surface area contributed by atoms with Crippen molar-refractivity contribution in [2.45, 2.75) is 58.0 Å². The Bertz CT molecular complexity index is 428. The highest BCUT2D eigenvalue weighted by atomic mass is 32.2. The van der Waals surface area contributed by atoms with Crippen LogP contribution >= 0.6 is 11.8 Å². The lowest BCUT2D eigenvalue weighted by Crippen LogP contribution is -2.38. The maximum Gasteiger partial charge on any atom is 0.316 e. The molecule has 0 amide bonds. The van der Waals surface area contributed by atoms with Gasteiger partial charge in [-0.05, 0) is 45.0 Å². The fourth-order valence-corrected chi connectivity index (χ4v) is 2.08. The zero-order chi connectivity index (χ0) is 15.2. The number of nitrogens with zero attached hydrogens (tertiary/aromatic N) is 4. The van der Waals surface area contributed by atoms with Crippen LogP contribution in [0.15, 0.2) is 5.16 Å². The van der Waals surface area contributed by atoms with E-state index in [1.54, 1.807) is 4.68 Å². The SMILES string of the molecule is CC(C)OC(=O)CSc1nnnn1CCNC(C)(C)C. The van der Waals surface area contributed by atoms with Crippen molar-refractivity contribution < 1.29 is 9.53 Å². The Morgan fingerprint density at radius 2 is 2.15 bits per heavy atom. The van der Waals surface area contributed by atoms with Crippen molar-refractivity contribution in [1.29, 1.82) is 0 Å². The average Bonchev–Trinajstić information content (AvgIpc) is 2.71. The molecule has 0 aliphatic heterocycles. The van der Waals surface area contributed by atoms with Gasteiger partial charge < -0.3 is 10.1 Å². The van der Waals surface area contributed by atoms with Crippen molar-refractivity contribution in [1.82, 2.24) is 25.5 Å². The van der Waals surface area contributed by atoms with Gasteiger partial charge in [-0.15, -0.1) is 5.10 Å². The summed E-state index contributed by atoms with van der Waals surface area (Å²) in [5.41, 5.74) is 0.0579. The van der Waals surface area contributed by atoms with Crippen LogP contribution in [0.2, 0.25) is 0 Å². The number of thioether (sulfide) groups is 1. The van der Waals surface area contributed by atoms with Crippen molar-refractivity contribution >= 4 is 17.7 Å². The normalized spacial score (nSPS) is 11.9. The molecule has 0 aliphatic rings. The third-order valence-electron chi connectivity index (χ3n) is 2.16. The van der Waals surface area contributed by atoms with Gasteiger partial charge in [0, 0.05) is 12.1 Å². The zero-order valence-electron chi connectivity index (χ0n) is 12.7. The summed E-state index contributed by atoms with van der Waals surface area (Å²) in [4.78, 5) is 11.5. The van der Waals surface area contributed by atoms with Crippen LogP contribution < -0.4 is 5.32 Å². The summed E-state index contributed by atoms with van der Waals surface area (Å²) >= 11 is 1.29. The van der Waals surface area contributed by atoms with Gasteiger partial charge in [0.25, 0.3) is 0 Å². The summed E-state index contributed by atoms with van der Waals surface area (Å²) in [5, 5.41) is 15.5. The van der Waals surface area contributed by atoms with Crippen LogP contribution in [0.4, 0.5) is 0 Å². The Labute approximate surface area is 123 Å². The molecule has 114 valence electrons. The van der Waals surface area contributed by atoms with Gasteiger partial charge in [0.05, 0.1) is 18.4 Å². The first-order valence-corrected chi connectivity index (χ1v) is 7.60. The van der Waals surface area contributed by atoms with Crippen molar-refractivity contribution in [2.24, 2.45) is 0 Å². The highest BCUT2D eigenvalue weighted by Gasteiger charge is 2.13. The second-order valence-electron chi connectivity index (χ2n) is 5.69. The molecular formula is C12H23N5O2S. The van der Waals surface area contributed by atoms with E-state index in [0.29, 0.717) is 11.7 Å². The molecule has 0 fully saturated rings. The number of rotatable bonds is 7. The molecule has 1 heterocycles. The topological polar surface area (TPSA) is 81.9 Å². The van der Waals surface area contributed by atoms with Gasteiger partial charge in [-0.25, -0.2) is 4.68 Å². The minimum absolute atomic E-state index is 0.0579. The molecule has 0 atom stereocenters. The van der Waals surface area contributed by atoms with Crippen molar-refractivity contribution in [3.8, 4) is 0 Å². The minimum atomic E-state index is -0.257. The van der Waals surface area contributed by atoms with Crippen LogP contribution in [0.25, 0.3) is 0 Å². The van der Waals surface area contributed by atoms with Crippen LogP contribution in [-0.4, -0.2) is 50.1 Å². The van der Waals surface area contributed by atoms with E-state index in [-0.39, 0.29) is 23.4 Å². The van der Waals surface area contributed by atoms with E-state index >= 15 is 0 Å². The molecule has 0 saturated carbocycles. The molecule has 0 bridgehead atoms. The number of nitrogens with one attached hydrogen (secondary N) is 1. The first kappa shape index (κ1) is 16.9. The summed E-state index contributed by atoms with van der Waals surface area (Å²) in [5.74, 6) is -0.0435. The lowest BCUT2D eigenvalue weighted by Gasteiger charge is -2.20. The molecule has 0 unspecified atom stereocenters. The number of aromatic nitrogens is 4. The van der Waals surface area contributed by atoms with E-state index in [2.05, 4.69) is 41.6 Å². The summed E-state index contributed by atoms with van der Waals surface area (Å²) in [6.45, 7) is 11.4. The molecule has 1 rings (SSSR count). The number of carbonyl (C=O) groups excluding carboxylic acids is 1. The lowest BCUT2D eigenvalue weighted by atomic mass is 10.1. The van der Waals surface area contributed by atoms with Crippen LogP contribution in [0.1, 0.15) is 34.6 Å². The van der Waals surface area contributed by atoms with Crippen molar-refractivity contribution in [3.63, 3.8) is 0 Å². The maximum absolute atomic E-state index is 11.5. The van der Waals surface area contributed by atoms with E-state index in [4.69, 9.17) is 4.74 Å². The second-order valence-corrected chi connectivity index (χ2v) is 6.63. The number of hydrogen-bond acceptors (Lipinski definition) is 7. The van der Waals surface area contributed by atoms with Crippen LogP contribution in [0.5, 0.6) is 0 Å². The van der Waals surface area contributed by atoms with Crippen molar-refractivity contribution in [2.75, 3.05) is 12.3 Å². The number of tetrazole rings is 1. The monoisotopic (exact) mass is 301 g/mol. The van der Waals surface area contributed by atoms with E-state index in [1.807, 2.05) is 13.8 Å². The molecule has 0 aromatic carbocycles. The van der Waals surface area contributed by atoms with Crippen LogP contribution in [0.3, 0.4) is 0 Å². The Morgan fingerprint density at radius 1 is 1.45 bits per heavy atom. The third kappa shape index (κ3) is 6.85. The van der Waals surface area contributed by atoms with E-state index in [9.17, 15) is 4.79 Å². The van der Waals surface area contributed by atoms with Gasteiger partial charge >= 0.3 is 5.97 Å². The fraction of sp³-hybridized carbons (Fsp3) is 0.833. The third-order valence-corrected chi connectivity index (χ3v) is 3.09. The molecule has 8 heteroatoms. The van der Waals surface area contributed by atoms with Gasteiger partial charge in [-0.1, -0.05) is 11.8 Å². The molecule has 1 aromatic heterocycles. The van der Waals surface area contributed by atoms with Gasteiger partial charge in [-0.2, -0.15) is 0 Å².